The zero-order valence-electron chi connectivity index (χ0n) is 10.6. The van der Waals surface area contributed by atoms with Crippen molar-refractivity contribution in [3.63, 3.8) is 0 Å². The number of rotatable bonds is 4. The highest BCUT2D eigenvalue weighted by Gasteiger charge is 2.15. The number of hydrogen-bond acceptors (Lipinski definition) is 5. The van der Waals surface area contributed by atoms with Crippen LogP contribution < -0.4 is 4.90 Å². The van der Waals surface area contributed by atoms with E-state index in [1.54, 1.807) is 29.3 Å². The van der Waals surface area contributed by atoms with Crippen molar-refractivity contribution < 1.29 is 9.53 Å². The monoisotopic (exact) mass is 296 g/mol. The Morgan fingerprint density at radius 1 is 1.42 bits per heavy atom. The number of aromatic nitrogens is 1. The van der Waals surface area contributed by atoms with Gasteiger partial charge in [0.15, 0.2) is 0 Å². The molecule has 0 aliphatic carbocycles. The molecule has 0 radical (unpaired) electrons. The first-order chi connectivity index (χ1) is 9.08. The van der Waals surface area contributed by atoms with Gasteiger partial charge in [0.05, 0.1) is 4.34 Å². The first kappa shape index (κ1) is 13.8. The molecule has 0 atom stereocenters. The number of carbonyl (C=O) groups excluding carboxylic acids is 1. The standard InChI is InChI=1S/C13H13ClN2O2S/c1-16(2)12-10(4-3-7-15-12)13(17)18-8-9-5-6-11(14)19-9/h3-7H,8H2,1-2H3. The van der Waals surface area contributed by atoms with Crippen LogP contribution in [0.3, 0.4) is 0 Å². The molecule has 0 unspecified atom stereocenters. The summed E-state index contributed by atoms with van der Waals surface area (Å²) in [5.74, 6) is 0.207. The lowest BCUT2D eigenvalue weighted by atomic mass is 10.2. The van der Waals surface area contributed by atoms with Crippen LogP contribution in [0.15, 0.2) is 30.5 Å². The third-order valence-electron chi connectivity index (χ3n) is 2.40. The van der Waals surface area contributed by atoms with Crippen molar-refractivity contribution in [2.45, 2.75) is 6.61 Å². The van der Waals surface area contributed by atoms with E-state index in [1.807, 2.05) is 20.2 Å². The summed E-state index contributed by atoms with van der Waals surface area (Å²) in [5, 5.41) is 0. The van der Waals surface area contributed by atoms with E-state index in [0.717, 1.165) is 4.88 Å². The first-order valence-electron chi connectivity index (χ1n) is 5.61. The predicted molar refractivity (Wildman–Crippen MR) is 77.0 cm³/mol. The van der Waals surface area contributed by atoms with E-state index in [2.05, 4.69) is 4.98 Å². The molecule has 0 aromatic carbocycles. The topological polar surface area (TPSA) is 42.4 Å². The zero-order chi connectivity index (χ0) is 13.8. The van der Waals surface area contributed by atoms with Gasteiger partial charge in [-0.2, -0.15) is 0 Å². The number of thiophene rings is 1. The van der Waals surface area contributed by atoms with Crippen LogP contribution in [0.1, 0.15) is 15.2 Å². The smallest absolute Gasteiger partial charge is 0.342 e. The lowest BCUT2D eigenvalue weighted by molar-refractivity contribution is 0.0477. The SMILES string of the molecule is CN(C)c1ncccc1C(=O)OCc1ccc(Cl)s1. The number of hydrogen-bond donors (Lipinski definition) is 0. The lowest BCUT2D eigenvalue weighted by Crippen LogP contribution is -2.16. The minimum Gasteiger partial charge on any atom is -0.456 e. The van der Waals surface area contributed by atoms with Crippen LogP contribution in [0.4, 0.5) is 5.82 Å². The molecular formula is C13H13ClN2O2S. The summed E-state index contributed by atoms with van der Waals surface area (Å²) in [4.78, 5) is 18.9. The fourth-order valence-corrected chi connectivity index (χ4v) is 2.56. The Kier molecular flexibility index (Phi) is 4.39. The summed E-state index contributed by atoms with van der Waals surface area (Å²) < 4.78 is 5.95. The molecule has 0 saturated carbocycles. The first-order valence-corrected chi connectivity index (χ1v) is 6.81. The molecule has 0 amide bonds. The van der Waals surface area contributed by atoms with Crippen LogP contribution in [-0.2, 0) is 11.3 Å². The Morgan fingerprint density at radius 3 is 2.84 bits per heavy atom. The molecule has 2 aromatic rings. The minimum atomic E-state index is -0.388. The maximum absolute atomic E-state index is 12.0. The van der Waals surface area contributed by atoms with Gasteiger partial charge in [-0.1, -0.05) is 11.6 Å². The van der Waals surface area contributed by atoms with Gasteiger partial charge in [0.25, 0.3) is 0 Å². The lowest BCUT2D eigenvalue weighted by Gasteiger charge is -2.14. The van der Waals surface area contributed by atoms with Crippen molar-refractivity contribution in [1.82, 2.24) is 4.98 Å². The Balaban J connectivity index is 2.08. The molecular weight excluding hydrogens is 284 g/mol. The van der Waals surface area contributed by atoms with E-state index >= 15 is 0 Å². The quantitative estimate of drug-likeness (QED) is 0.813. The molecule has 100 valence electrons. The van der Waals surface area contributed by atoms with Crippen molar-refractivity contribution in [3.05, 3.63) is 45.2 Å². The summed E-state index contributed by atoms with van der Waals surface area (Å²) in [7, 11) is 3.66. The molecule has 0 aliphatic rings. The third-order valence-corrected chi connectivity index (χ3v) is 3.61. The van der Waals surface area contributed by atoms with Crippen LogP contribution in [0.25, 0.3) is 0 Å². The van der Waals surface area contributed by atoms with E-state index < -0.39 is 0 Å². The number of nitrogens with zero attached hydrogens (tertiary/aromatic N) is 2. The third kappa shape index (κ3) is 3.45. The highest BCUT2D eigenvalue weighted by atomic mass is 35.5. The van der Waals surface area contributed by atoms with E-state index in [9.17, 15) is 4.79 Å². The summed E-state index contributed by atoms with van der Waals surface area (Å²) in [5.41, 5.74) is 0.454. The van der Waals surface area contributed by atoms with Gasteiger partial charge < -0.3 is 9.64 Å². The maximum Gasteiger partial charge on any atom is 0.342 e. The molecule has 2 aromatic heterocycles. The second-order valence-corrected chi connectivity index (χ2v) is 5.85. The van der Waals surface area contributed by atoms with Gasteiger partial charge in [0.2, 0.25) is 0 Å². The van der Waals surface area contributed by atoms with Gasteiger partial charge in [-0.3, -0.25) is 0 Å². The Bertz CT molecular complexity index is 584. The Morgan fingerprint density at radius 2 is 2.21 bits per heavy atom. The fourth-order valence-electron chi connectivity index (χ4n) is 1.56. The number of carbonyl (C=O) groups is 1. The van der Waals surface area contributed by atoms with Crippen molar-refractivity contribution >= 4 is 34.7 Å². The van der Waals surface area contributed by atoms with Gasteiger partial charge in [-0.15, -0.1) is 11.3 Å². The molecule has 0 fully saturated rings. The summed E-state index contributed by atoms with van der Waals surface area (Å²) in [6.07, 6.45) is 1.64. The van der Waals surface area contributed by atoms with Gasteiger partial charge >= 0.3 is 5.97 Å². The average molecular weight is 297 g/mol. The summed E-state index contributed by atoms with van der Waals surface area (Å²) >= 11 is 7.22. The highest BCUT2D eigenvalue weighted by Crippen LogP contribution is 2.23. The molecule has 2 heterocycles. The van der Waals surface area contributed by atoms with Crippen LogP contribution in [0.5, 0.6) is 0 Å². The number of ether oxygens (including phenoxy) is 1. The average Bonchev–Trinajstić information content (AvgIpc) is 2.81. The van der Waals surface area contributed by atoms with Crippen molar-refractivity contribution in [3.8, 4) is 0 Å². The van der Waals surface area contributed by atoms with Crippen molar-refractivity contribution in [2.75, 3.05) is 19.0 Å². The van der Waals surface area contributed by atoms with E-state index in [-0.39, 0.29) is 12.6 Å². The second kappa shape index (κ2) is 6.04. The Hall–Kier alpha value is -1.59. The van der Waals surface area contributed by atoms with Gasteiger partial charge in [0.1, 0.15) is 18.0 Å². The van der Waals surface area contributed by atoms with E-state index in [0.29, 0.717) is 15.7 Å². The van der Waals surface area contributed by atoms with E-state index in [4.69, 9.17) is 16.3 Å². The van der Waals surface area contributed by atoms with Crippen LogP contribution >= 0.6 is 22.9 Å². The van der Waals surface area contributed by atoms with Crippen molar-refractivity contribution in [2.24, 2.45) is 0 Å². The molecule has 0 N–H and O–H groups in total. The minimum absolute atomic E-state index is 0.220. The Labute approximate surface area is 120 Å². The predicted octanol–water partition coefficient (Wildman–Crippen LogP) is 3.22. The molecule has 2 rings (SSSR count). The molecule has 19 heavy (non-hydrogen) atoms. The van der Waals surface area contributed by atoms with Crippen molar-refractivity contribution in [1.29, 1.82) is 0 Å². The fraction of sp³-hybridized carbons (Fsp3) is 0.231. The molecule has 4 nitrogen and oxygen atoms in total. The number of anilines is 1. The highest BCUT2D eigenvalue weighted by molar-refractivity contribution is 7.16. The molecule has 0 bridgehead atoms. The zero-order valence-corrected chi connectivity index (χ0v) is 12.2. The summed E-state index contributed by atoms with van der Waals surface area (Å²) in [6, 6.07) is 7.04. The van der Waals surface area contributed by atoms with Gasteiger partial charge in [-0.05, 0) is 24.3 Å². The molecule has 0 saturated heterocycles. The van der Waals surface area contributed by atoms with Gasteiger partial charge in [-0.25, -0.2) is 9.78 Å². The molecule has 0 aliphatic heterocycles. The van der Waals surface area contributed by atoms with Crippen LogP contribution in [0, 0.1) is 0 Å². The van der Waals surface area contributed by atoms with Crippen LogP contribution in [0.2, 0.25) is 4.34 Å². The van der Waals surface area contributed by atoms with Gasteiger partial charge in [0, 0.05) is 25.2 Å². The number of pyridine rings is 1. The number of halogens is 1. The number of esters is 1. The molecule has 0 spiro atoms. The molecule has 6 heteroatoms. The van der Waals surface area contributed by atoms with E-state index in [1.165, 1.54) is 11.3 Å². The normalized spacial score (nSPS) is 10.3. The van der Waals surface area contributed by atoms with Crippen LogP contribution in [-0.4, -0.2) is 25.0 Å². The maximum atomic E-state index is 12.0. The largest absolute Gasteiger partial charge is 0.456 e. The second-order valence-electron chi connectivity index (χ2n) is 4.05. The summed E-state index contributed by atoms with van der Waals surface area (Å²) in [6.45, 7) is 0.220.